The first kappa shape index (κ1) is 25.2. The zero-order chi connectivity index (χ0) is 24.2. The third-order valence-corrected chi connectivity index (χ3v) is 8.16. The standard InChI is InChI=1S/C23H29ClN4O4S/c1-3-28(4-2)33(31,32)18-10-11-20(24)19(14-18)23(30)26-17-8-5-7-16(13-17)15-27-12-6-9-21(27)22(25)29/h5,7-8,10-11,13-14,21H,3-4,6,9,12,15H2,1-2H3,(H2,25,29)(H,26,30). The van der Waals surface area contributed by atoms with E-state index in [0.717, 1.165) is 24.9 Å². The average molecular weight is 493 g/mol. The number of hydrogen-bond donors (Lipinski definition) is 2. The zero-order valence-electron chi connectivity index (χ0n) is 18.8. The van der Waals surface area contributed by atoms with Crippen molar-refractivity contribution < 1.29 is 18.0 Å². The van der Waals surface area contributed by atoms with Gasteiger partial charge in [-0.3, -0.25) is 14.5 Å². The second kappa shape index (κ2) is 10.6. The second-order valence-corrected chi connectivity index (χ2v) is 10.3. The van der Waals surface area contributed by atoms with Crippen LogP contribution in [0.2, 0.25) is 5.02 Å². The molecule has 0 spiro atoms. The molecule has 10 heteroatoms. The number of amides is 2. The molecule has 0 saturated carbocycles. The van der Waals surface area contributed by atoms with E-state index >= 15 is 0 Å². The molecule has 2 aromatic rings. The van der Waals surface area contributed by atoms with E-state index in [0.29, 0.717) is 25.3 Å². The smallest absolute Gasteiger partial charge is 0.257 e. The topological polar surface area (TPSA) is 113 Å². The van der Waals surface area contributed by atoms with Gasteiger partial charge >= 0.3 is 0 Å². The van der Waals surface area contributed by atoms with E-state index in [1.54, 1.807) is 19.9 Å². The van der Waals surface area contributed by atoms with Gasteiger partial charge in [0, 0.05) is 25.3 Å². The number of anilines is 1. The maximum Gasteiger partial charge on any atom is 0.257 e. The summed E-state index contributed by atoms with van der Waals surface area (Å²) in [5.41, 5.74) is 7.04. The number of hydrogen-bond acceptors (Lipinski definition) is 5. The first-order chi connectivity index (χ1) is 15.7. The van der Waals surface area contributed by atoms with Gasteiger partial charge in [-0.15, -0.1) is 0 Å². The number of halogens is 1. The maximum absolute atomic E-state index is 12.9. The monoisotopic (exact) mass is 492 g/mol. The molecule has 1 aliphatic rings. The lowest BCUT2D eigenvalue weighted by atomic mass is 10.1. The highest BCUT2D eigenvalue weighted by atomic mass is 35.5. The van der Waals surface area contributed by atoms with Crippen molar-refractivity contribution in [3.8, 4) is 0 Å². The van der Waals surface area contributed by atoms with Gasteiger partial charge in [0.15, 0.2) is 0 Å². The molecule has 1 aliphatic heterocycles. The summed E-state index contributed by atoms with van der Waals surface area (Å²) in [4.78, 5) is 26.6. The van der Waals surface area contributed by atoms with Crippen molar-refractivity contribution in [1.82, 2.24) is 9.21 Å². The predicted octanol–water partition coefficient (Wildman–Crippen LogP) is 3.07. The van der Waals surface area contributed by atoms with Crippen LogP contribution >= 0.6 is 11.6 Å². The van der Waals surface area contributed by atoms with Crippen LogP contribution in [0.1, 0.15) is 42.6 Å². The van der Waals surface area contributed by atoms with Gasteiger partial charge in [-0.1, -0.05) is 37.6 Å². The minimum atomic E-state index is -3.73. The molecule has 1 atom stereocenters. The average Bonchev–Trinajstić information content (AvgIpc) is 3.23. The number of carbonyl (C=O) groups excluding carboxylic acids is 2. The summed E-state index contributed by atoms with van der Waals surface area (Å²) in [6.45, 7) is 5.48. The summed E-state index contributed by atoms with van der Waals surface area (Å²) in [5.74, 6) is -0.837. The fraction of sp³-hybridized carbons (Fsp3) is 0.391. The molecule has 0 aliphatic carbocycles. The van der Waals surface area contributed by atoms with Crippen LogP contribution in [0.4, 0.5) is 5.69 Å². The van der Waals surface area contributed by atoms with Gasteiger partial charge < -0.3 is 11.1 Å². The van der Waals surface area contributed by atoms with Crippen molar-refractivity contribution in [2.24, 2.45) is 5.73 Å². The highest BCUT2D eigenvalue weighted by Crippen LogP contribution is 2.25. The van der Waals surface area contributed by atoms with E-state index in [-0.39, 0.29) is 27.4 Å². The van der Waals surface area contributed by atoms with Gasteiger partial charge in [0.2, 0.25) is 15.9 Å². The Morgan fingerprint density at radius 3 is 2.58 bits per heavy atom. The van der Waals surface area contributed by atoms with Crippen LogP contribution in [0.15, 0.2) is 47.4 Å². The third-order valence-electron chi connectivity index (χ3n) is 5.79. The molecule has 0 radical (unpaired) electrons. The van der Waals surface area contributed by atoms with E-state index in [9.17, 15) is 18.0 Å². The molecular weight excluding hydrogens is 464 g/mol. The molecule has 3 rings (SSSR count). The molecule has 178 valence electrons. The van der Waals surface area contributed by atoms with Gasteiger partial charge in [-0.25, -0.2) is 8.42 Å². The number of nitrogens with zero attached hydrogens (tertiary/aromatic N) is 2. The maximum atomic E-state index is 12.9. The lowest BCUT2D eigenvalue weighted by molar-refractivity contribution is -0.122. The van der Waals surface area contributed by atoms with E-state index < -0.39 is 15.9 Å². The van der Waals surface area contributed by atoms with Gasteiger partial charge in [0.05, 0.1) is 21.5 Å². The fourth-order valence-electron chi connectivity index (χ4n) is 4.07. The lowest BCUT2D eigenvalue weighted by Gasteiger charge is -2.22. The van der Waals surface area contributed by atoms with Crippen LogP contribution in [0.5, 0.6) is 0 Å². The molecule has 33 heavy (non-hydrogen) atoms. The Morgan fingerprint density at radius 1 is 1.18 bits per heavy atom. The van der Waals surface area contributed by atoms with Crippen molar-refractivity contribution in [3.63, 3.8) is 0 Å². The van der Waals surface area contributed by atoms with Gasteiger partial charge in [0.25, 0.3) is 5.91 Å². The van der Waals surface area contributed by atoms with Gasteiger partial charge in [-0.05, 0) is 55.3 Å². The molecule has 3 N–H and O–H groups in total. The number of nitrogens with two attached hydrogens (primary N) is 1. The van der Waals surface area contributed by atoms with Crippen LogP contribution in [0.25, 0.3) is 0 Å². The summed E-state index contributed by atoms with van der Waals surface area (Å²) < 4.78 is 27.0. The van der Waals surface area contributed by atoms with Crippen molar-refractivity contribution in [3.05, 3.63) is 58.6 Å². The van der Waals surface area contributed by atoms with Crippen LogP contribution in [0, 0.1) is 0 Å². The Kier molecular flexibility index (Phi) is 8.12. The largest absolute Gasteiger partial charge is 0.368 e. The summed E-state index contributed by atoms with van der Waals surface area (Å²) in [7, 11) is -3.73. The summed E-state index contributed by atoms with van der Waals surface area (Å²) >= 11 is 6.23. The minimum absolute atomic E-state index is 0.0148. The number of primary amides is 1. The molecule has 1 unspecified atom stereocenters. The second-order valence-electron chi connectivity index (χ2n) is 7.92. The summed E-state index contributed by atoms with van der Waals surface area (Å²) in [6.07, 6.45) is 1.66. The number of likely N-dealkylation sites (tertiary alicyclic amines) is 1. The van der Waals surface area contributed by atoms with Crippen molar-refractivity contribution in [1.29, 1.82) is 0 Å². The Bertz CT molecular complexity index is 1140. The Labute approximate surface area is 199 Å². The lowest BCUT2D eigenvalue weighted by Crippen LogP contribution is -2.39. The first-order valence-electron chi connectivity index (χ1n) is 10.9. The number of nitrogens with one attached hydrogen (secondary N) is 1. The van der Waals surface area contributed by atoms with Crippen LogP contribution in [-0.4, -0.2) is 55.1 Å². The molecule has 2 amide bonds. The van der Waals surface area contributed by atoms with Crippen LogP contribution in [-0.2, 0) is 21.4 Å². The van der Waals surface area contributed by atoms with E-state index in [1.807, 2.05) is 23.1 Å². The molecule has 1 heterocycles. The predicted molar refractivity (Wildman–Crippen MR) is 129 cm³/mol. The van der Waals surface area contributed by atoms with Gasteiger partial charge in [-0.2, -0.15) is 4.31 Å². The Hall–Kier alpha value is -2.46. The van der Waals surface area contributed by atoms with Crippen molar-refractivity contribution >= 4 is 39.1 Å². The highest BCUT2D eigenvalue weighted by Gasteiger charge is 2.29. The Morgan fingerprint density at radius 2 is 1.91 bits per heavy atom. The SMILES string of the molecule is CCN(CC)S(=O)(=O)c1ccc(Cl)c(C(=O)Nc2cccc(CN3CCCC3C(N)=O)c2)c1. The fourth-order valence-corrected chi connectivity index (χ4v) is 5.76. The number of benzene rings is 2. The van der Waals surface area contributed by atoms with E-state index in [1.165, 1.54) is 22.5 Å². The molecule has 0 aromatic heterocycles. The first-order valence-corrected chi connectivity index (χ1v) is 12.7. The van der Waals surface area contributed by atoms with Crippen LogP contribution in [0.3, 0.4) is 0 Å². The molecule has 2 aromatic carbocycles. The van der Waals surface area contributed by atoms with Gasteiger partial charge in [0.1, 0.15) is 0 Å². The van der Waals surface area contributed by atoms with Crippen molar-refractivity contribution in [2.75, 3.05) is 25.0 Å². The van der Waals surface area contributed by atoms with E-state index in [2.05, 4.69) is 5.32 Å². The van der Waals surface area contributed by atoms with Crippen molar-refractivity contribution in [2.45, 2.75) is 44.2 Å². The quantitative estimate of drug-likeness (QED) is 0.558. The molecule has 0 bridgehead atoms. The normalized spacial score (nSPS) is 16.8. The van der Waals surface area contributed by atoms with Crippen LogP contribution < -0.4 is 11.1 Å². The summed E-state index contributed by atoms with van der Waals surface area (Å²) in [5, 5.41) is 2.95. The minimum Gasteiger partial charge on any atom is -0.368 e. The number of carbonyl (C=O) groups is 2. The number of sulfonamides is 1. The molecule has 1 fully saturated rings. The molecule has 8 nitrogen and oxygen atoms in total. The van der Waals surface area contributed by atoms with E-state index in [4.69, 9.17) is 17.3 Å². The third kappa shape index (κ3) is 5.73. The highest BCUT2D eigenvalue weighted by molar-refractivity contribution is 7.89. The zero-order valence-corrected chi connectivity index (χ0v) is 20.3. The summed E-state index contributed by atoms with van der Waals surface area (Å²) in [6, 6.07) is 11.1. The number of rotatable bonds is 9. The molecule has 1 saturated heterocycles. The molecular formula is C23H29ClN4O4S. The Balaban J connectivity index is 1.79.